The molecule has 1 fully saturated rings. The summed E-state index contributed by atoms with van der Waals surface area (Å²) >= 11 is 6.49. The van der Waals surface area contributed by atoms with Crippen molar-refractivity contribution in [1.29, 1.82) is 0 Å². The Morgan fingerprint density at radius 3 is 2.84 bits per heavy atom. The first-order valence-electron chi connectivity index (χ1n) is 7.39. The van der Waals surface area contributed by atoms with Crippen molar-refractivity contribution < 1.29 is 0 Å². The molecule has 1 atom stereocenters. The van der Waals surface area contributed by atoms with E-state index in [-0.39, 0.29) is 0 Å². The Kier molecular flexibility index (Phi) is 5.12. The zero-order valence-electron chi connectivity index (χ0n) is 12.2. The highest BCUT2D eigenvalue weighted by Crippen LogP contribution is 2.34. The van der Waals surface area contributed by atoms with E-state index in [2.05, 4.69) is 49.2 Å². The highest BCUT2D eigenvalue weighted by molar-refractivity contribution is 6.33. The van der Waals surface area contributed by atoms with Gasteiger partial charge in [-0.1, -0.05) is 38.4 Å². The Morgan fingerprint density at radius 2 is 2.21 bits per heavy atom. The van der Waals surface area contributed by atoms with Gasteiger partial charge in [-0.05, 0) is 43.0 Å². The zero-order chi connectivity index (χ0) is 13.8. The molecule has 1 saturated heterocycles. The van der Waals surface area contributed by atoms with Crippen molar-refractivity contribution in [2.24, 2.45) is 5.92 Å². The van der Waals surface area contributed by atoms with Crippen LogP contribution in [0.2, 0.25) is 5.02 Å². The number of rotatable bonds is 5. The fraction of sp³-hybridized carbons (Fsp3) is 0.625. The molecule has 0 radical (unpaired) electrons. The highest BCUT2D eigenvalue weighted by atomic mass is 35.5. The van der Waals surface area contributed by atoms with E-state index in [1.165, 1.54) is 24.1 Å². The first-order chi connectivity index (χ1) is 9.13. The summed E-state index contributed by atoms with van der Waals surface area (Å²) in [6.07, 6.45) is 2.56. The van der Waals surface area contributed by atoms with Crippen LogP contribution in [0, 0.1) is 5.92 Å². The number of anilines is 1. The van der Waals surface area contributed by atoms with E-state index in [0.717, 1.165) is 24.7 Å². The van der Waals surface area contributed by atoms with Gasteiger partial charge in [-0.25, -0.2) is 0 Å². The molecular weight excluding hydrogens is 256 g/mol. The molecule has 0 spiro atoms. The molecule has 3 heteroatoms. The van der Waals surface area contributed by atoms with E-state index < -0.39 is 0 Å². The molecule has 1 aliphatic heterocycles. The number of nitrogens with one attached hydrogen (secondary N) is 1. The summed E-state index contributed by atoms with van der Waals surface area (Å²) in [5, 5.41) is 4.23. The van der Waals surface area contributed by atoms with Crippen LogP contribution in [0.3, 0.4) is 0 Å². The molecule has 2 rings (SSSR count). The predicted molar refractivity (Wildman–Crippen MR) is 84.0 cm³/mol. The molecule has 1 unspecified atom stereocenters. The fourth-order valence-corrected chi connectivity index (χ4v) is 3.26. The third-order valence-electron chi connectivity index (χ3n) is 3.97. The minimum Gasteiger partial charge on any atom is -0.367 e. The number of hydrogen-bond donors (Lipinski definition) is 1. The SMILES string of the molecule is CCNCc1ccc(N2CCCC2C(C)C)c(Cl)c1. The number of nitrogens with zero attached hydrogens (tertiary/aromatic N) is 1. The van der Waals surface area contributed by atoms with Crippen LogP contribution in [0.5, 0.6) is 0 Å². The van der Waals surface area contributed by atoms with Gasteiger partial charge in [0.25, 0.3) is 0 Å². The lowest BCUT2D eigenvalue weighted by Crippen LogP contribution is -2.33. The van der Waals surface area contributed by atoms with Crippen molar-refractivity contribution in [1.82, 2.24) is 5.32 Å². The van der Waals surface area contributed by atoms with Crippen molar-refractivity contribution in [3.05, 3.63) is 28.8 Å². The topological polar surface area (TPSA) is 15.3 Å². The van der Waals surface area contributed by atoms with Gasteiger partial charge in [0.15, 0.2) is 0 Å². The van der Waals surface area contributed by atoms with Gasteiger partial charge in [0.1, 0.15) is 0 Å². The Balaban J connectivity index is 2.16. The van der Waals surface area contributed by atoms with Crippen LogP contribution in [0.15, 0.2) is 18.2 Å². The van der Waals surface area contributed by atoms with Crippen LogP contribution >= 0.6 is 11.6 Å². The summed E-state index contributed by atoms with van der Waals surface area (Å²) in [7, 11) is 0. The van der Waals surface area contributed by atoms with Crippen LogP contribution in [0.25, 0.3) is 0 Å². The molecule has 1 aromatic carbocycles. The molecule has 0 bridgehead atoms. The van der Waals surface area contributed by atoms with Crippen LogP contribution in [-0.2, 0) is 6.54 Å². The molecule has 0 aliphatic carbocycles. The molecule has 0 aromatic heterocycles. The lowest BCUT2D eigenvalue weighted by atomic mass is 10.0. The van der Waals surface area contributed by atoms with Gasteiger partial charge in [0, 0.05) is 19.1 Å². The van der Waals surface area contributed by atoms with Crippen LogP contribution in [0.1, 0.15) is 39.2 Å². The summed E-state index contributed by atoms with van der Waals surface area (Å²) in [5.74, 6) is 0.681. The highest BCUT2D eigenvalue weighted by Gasteiger charge is 2.28. The molecule has 19 heavy (non-hydrogen) atoms. The predicted octanol–water partition coefficient (Wildman–Crippen LogP) is 4.07. The second-order valence-corrected chi connectivity index (χ2v) is 6.12. The maximum atomic E-state index is 6.49. The Bertz CT molecular complexity index is 417. The van der Waals surface area contributed by atoms with E-state index in [9.17, 15) is 0 Å². The second-order valence-electron chi connectivity index (χ2n) is 5.71. The number of hydrogen-bond acceptors (Lipinski definition) is 2. The number of benzene rings is 1. The zero-order valence-corrected chi connectivity index (χ0v) is 13.0. The van der Waals surface area contributed by atoms with Crippen molar-refractivity contribution >= 4 is 17.3 Å². The minimum atomic E-state index is 0.636. The quantitative estimate of drug-likeness (QED) is 0.874. The van der Waals surface area contributed by atoms with Crippen molar-refractivity contribution in [2.45, 2.75) is 46.2 Å². The standard InChI is InChI=1S/C16H25ClN2/c1-4-18-11-13-7-8-16(14(17)10-13)19-9-5-6-15(19)12(2)3/h7-8,10,12,15,18H,4-6,9,11H2,1-3H3. The minimum absolute atomic E-state index is 0.636. The molecule has 1 aliphatic rings. The summed E-state index contributed by atoms with van der Waals surface area (Å²) in [6.45, 7) is 9.74. The molecular formula is C16H25ClN2. The Labute approximate surface area is 122 Å². The molecule has 2 nitrogen and oxygen atoms in total. The normalized spacial score (nSPS) is 19.4. The fourth-order valence-electron chi connectivity index (χ4n) is 2.95. The summed E-state index contributed by atoms with van der Waals surface area (Å²) in [4.78, 5) is 2.49. The van der Waals surface area contributed by atoms with Crippen LogP contribution in [0.4, 0.5) is 5.69 Å². The smallest absolute Gasteiger partial charge is 0.0642 e. The van der Waals surface area contributed by atoms with Gasteiger partial charge >= 0.3 is 0 Å². The Morgan fingerprint density at radius 1 is 1.42 bits per heavy atom. The second kappa shape index (κ2) is 6.62. The molecule has 1 aromatic rings. The number of halogens is 1. The van der Waals surface area contributed by atoms with E-state index in [1.807, 2.05) is 0 Å². The van der Waals surface area contributed by atoms with Gasteiger partial charge in [-0.15, -0.1) is 0 Å². The lowest BCUT2D eigenvalue weighted by molar-refractivity contribution is 0.492. The van der Waals surface area contributed by atoms with E-state index in [1.54, 1.807) is 0 Å². The van der Waals surface area contributed by atoms with Crippen LogP contribution < -0.4 is 10.2 Å². The van der Waals surface area contributed by atoms with E-state index in [4.69, 9.17) is 11.6 Å². The largest absolute Gasteiger partial charge is 0.367 e. The molecule has 106 valence electrons. The van der Waals surface area contributed by atoms with Crippen molar-refractivity contribution in [2.75, 3.05) is 18.0 Å². The third-order valence-corrected chi connectivity index (χ3v) is 4.27. The van der Waals surface area contributed by atoms with Gasteiger partial charge in [0.2, 0.25) is 0 Å². The molecule has 0 saturated carbocycles. The monoisotopic (exact) mass is 280 g/mol. The van der Waals surface area contributed by atoms with E-state index in [0.29, 0.717) is 12.0 Å². The molecule has 1 N–H and O–H groups in total. The van der Waals surface area contributed by atoms with E-state index >= 15 is 0 Å². The average Bonchev–Trinajstić information content (AvgIpc) is 2.85. The lowest BCUT2D eigenvalue weighted by Gasteiger charge is -2.30. The Hall–Kier alpha value is -0.730. The van der Waals surface area contributed by atoms with Crippen molar-refractivity contribution in [3.8, 4) is 0 Å². The van der Waals surface area contributed by atoms with Gasteiger partial charge < -0.3 is 10.2 Å². The summed E-state index contributed by atoms with van der Waals surface area (Å²) < 4.78 is 0. The van der Waals surface area contributed by atoms with Gasteiger partial charge in [-0.2, -0.15) is 0 Å². The maximum absolute atomic E-state index is 6.49. The van der Waals surface area contributed by atoms with Gasteiger partial charge in [0.05, 0.1) is 10.7 Å². The maximum Gasteiger partial charge on any atom is 0.0642 e. The van der Waals surface area contributed by atoms with Crippen molar-refractivity contribution in [3.63, 3.8) is 0 Å². The third kappa shape index (κ3) is 3.43. The molecule has 0 amide bonds. The van der Waals surface area contributed by atoms with Crippen LogP contribution in [-0.4, -0.2) is 19.1 Å². The first kappa shape index (κ1) is 14.7. The first-order valence-corrected chi connectivity index (χ1v) is 7.77. The molecule has 1 heterocycles. The average molecular weight is 281 g/mol. The summed E-state index contributed by atoms with van der Waals surface area (Å²) in [5.41, 5.74) is 2.47. The summed E-state index contributed by atoms with van der Waals surface area (Å²) in [6, 6.07) is 7.13. The van der Waals surface area contributed by atoms with Gasteiger partial charge in [-0.3, -0.25) is 0 Å².